The fourth-order valence-electron chi connectivity index (χ4n) is 4.71. The van der Waals surface area contributed by atoms with Gasteiger partial charge in [0, 0.05) is 4.47 Å². The summed E-state index contributed by atoms with van der Waals surface area (Å²) in [5, 5.41) is 1.68. The third-order valence-corrected chi connectivity index (χ3v) is 6.81. The van der Waals surface area contributed by atoms with Gasteiger partial charge in [-0.15, -0.1) is 0 Å². The molecule has 0 N–H and O–H groups in total. The summed E-state index contributed by atoms with van der Waals surface area (Å²) in [6, 6.07) is 21.8. The number of ether oxygens (including phenoxy) is 2. The van der Waals surface area contributed by atoms with Crippen LogP contribution in [0.3, 0.4) is 0 Å². The van der Waals surface area contributed by atoms with Crippen molar-refractivity contribution >= 4 is 39.1 Å². The summed E-state index contributed by atoms with van der Waals surface area (Å²) in [7, 11) is 0. The molecule has 2 aliphatic rings. The molecule has 0 spiro atoms. The SMILES string of the molecule is CCCOc1ccc([C@@H]2[C@H]3C(=O)N(c4ccc(Br)cc4)C(=O)[C@@H]3ON2c2ccccc2)cc1OCC. The van der Waals surface area contributed by atoms with Gasteiger partial charge in [0.1, 0.15) is 5.92 Å². The van der Waals surface area contributed by atoms with E-state index < -0.39 is 18.1 Å². The Bertz CT molecular complexity index is 1250. The number of nitrogens with zero attached hydrogens (tertiary/aromatic N) is 2. The van der Waals surface area contributed by atoms with Crippen molar-refractivity contribution in [3.63, 3.8) is 0 Å². The van der Waals surface area contributed by atoms with Gasteiger partial charge in [-0.05, 0) is 67.4 Å². The number of hydrogen-bond acceptors (Lipinski definition) is 6. The van der Waals surface area contributed by atoms with Crippen LogP contribution in [-0.4, -0.2) is 31.1 Å². The van der Waals surface area contributed by atoms with Crippen molar-refractivity contribution in [2.24, 2.45) is 5.92 Å². The third kappa shape index (κ3) is 4.35. The van der Waals surface area contributed by atoms with E-state index in [-0.39, 0.29) is 11.8 Å². The normalized spacial score (nSPS) is 21.1. The predicted octanol–water partition coefficient (Wildman–Crippen LogP) is 5.69. The Morgan fingerprint density at radius 1 is 0.861 bits per heavy atom. The largest absolute Gasteiger partial charge is 0.490 e. The Kier molecular flexibility index (Phi) is 6.98. The quantitative estimate of drug-likeness (QED) is 0.336. The number of carbonyl (C=O) groups excluding carboxylic acids is 2. The van der Waals surface area contributed by atoms with Crippen LogP contribution in [0.2, 0.25) is 0 Å². The van der Waals surface area contributed by atoms with E-state index in [9.17, 15) is 9.59 Å². The van der Waals surface area contributed by atoms with Gasteiger partial charge < -0.3 is 9.47 Å². The van der Waals surface area contributed by atoms with E-state index in [0.717, 1.165) is 22.1 Å². The molecular weight excluding hydrogens is 524 g/mol. The molecule has 0 unspecified atom stereocenters. The van der Waals surface area contributed by atoms with Crippen LogP contribution in [0, 0.1) is 5.92 Å². The Hall–Kier alpha value is -3.36. The van der Waals surface area contributed by atoms with E-state index in [4.69, 9.17) is 14.3 Å². The Labute approximate surface area is 218 Å². The van der Waals surface area contributed by atoms with Crippen molar-refractivity contribution in [3.8, 4) is 11.5 Å². The van der Waals surface area contributed by atoms with Crippen molar-refractivity contribution < 1.29 is 23.9 Å². The zero-order valence-corrected chi connectivity index (χ0v) is 21.7. The lowest BCUT2D eigenvalue weighted by molar-refractivity contribution is -0.126. The maximum Gasteiger partial charge on any atom is 0.266 e. The zero-order chi connectivity index (χ0) is 25.2. The molecule has 8 heteroatoms. The van der Waals surface area contributed by atoms with Crippen LogP contribution in [0.25, 0.3) is 0 Å². The van der Waals surface area contributed by atoms with Gasteiger partial charge in [-0.2, -0.15) is 0 Å². The number of hydrogen-bond donors (Lipinski definition) is 0. The number of para-hydroxylation sites is 1. The molecule has 0 saturated carbocycles. The summed E-state index contributed by atoms with van der Waals surface area (Å²) >= 11 is 3.41. The Balaban J connectivity index is 1.57. The molecule has 2 fully saturated rings. The first-order valence-corrected chi connectivity index (χ1v) is 12.9. The number of carbonyl (C=O) groups is 2. The number of halogens is 1. The van der Waals surface area contributed by atoms with Gasteiger partial charge in [-0.1, -0.05) is 47.1 Å². The monoisotopic (exact) mass is 550 g/mol. The van der Waals surface area contributed by atoms with E-state index in [1.165, 1.54) is 4.90 Å². The molecule has 0 bridgehead atoms. The van der Waals surface area contributed by atoms with Crippen molar-refractivity contribution in [2.45, 2.75) is 32.4 Å². The topological polar surface area (TPSA) is 68.3 Å². The molecule has 2 saturated heterocycles. The van der Waals surface area contributed by atoms with Crippen LogP contribution in [0.1, 0.15) is 31.9 Å². The standard InChI is InChI=1S/C28H27BrN2O5/c1-3-16-35-22-15-10-18(17-23(22)34-4-2)25-24-26(36-31(25)21-8-6-5-7-9-21)28(33)30(27(24)32)20-13-11-19(29)12-14-20/h5-15,17,24-26H,3-4,16H2,1-2H3/t24-,25-,26-/m1/s1. The van der Waals surface area contributed by atoms with E-state index in [0.29, 0.717) is 30.4 Å². The van der Waals surface area contributed by atoms with Crippen molar-refractivity contribution in [2.75, 3.05) is 23.2 Å². The number of amides is 2. The molecule has 3 aromatic carbocycles. The fourth-order valence-corrected chi connectivity index (χ4v) is 4.97. The van der Waals surface area contributed by atoms with E-state index in [1.54, 1.807) is 17.2 Å². The Morgan fingerprint density at radius 3 is 2.31 bits per heavy atom. The van der Waals surface area contributed by atoms with Gasteiger partial charge >= 0.3 is 0 Å². The lowest BCUT2D eigenvalue weighted by atomic mass is 9.90. The second-order valence-electron chi connectivity index (χ2n) is 8.63. The molecule has 2 heterocycles. The molecule has 3 aromatic rings. The van der Waals surface area contributed by atoms with Gasteiger partial charge in [-0.3, -0.25) is 14.4 Å². The minimum Gasteiger partial charge on any atom is -0.490 e. The summed E-state index contributed by atoms with van der Waals surface area (Å²) < 4.78 is 12.6. The highest BCUT2D eigenvalue weighted by molar-refractivity contribution is 9.10. The van der Waals surface area contributed by atoms with Crippen LogP contribution in [0.15, 0.2) is 77.3 Å². The number of imide groups is 1. The maximum atomic E-state index is 13.8. The van der Waals surface area contributed by atoms with Gasteiger partial charge in [0.2, 0.25) is 5.91 Å². The van der Waals surface area contributed by atoms with Crippen LogP contribution in [0.4, 0.5) is 11.4 Å². The third-order valence-electron chi connectivity index (χ3n) is 6.28. The molecule has 186 valence electrons. The van der Waals surface area contributed by atoms with Gasteiger partial charge in [0.05, 0.1) is 30.6 Å². The van der Waals surface area contributed by atoms with Crippen molar-refractivity contribution in [1.82, 2.24) is 0 Å². The van der Waals surface area contributed by atoms with E-state index in [2.05, 4.69) is 15.9 Å². The number of hydroxylamine groups is 1. The molecule has 5 rings (SSSR count). The molecule has 2 aliphatic heterocycles. The fraction of sp³-hybridized carbons (Fsp3) is 0.286. The molecule has 2 amide bonds. The van der Waals surface area contributed by atoms with Gasteiger partial charge in [-0.25, -0.2) is 9.96 Å². The molecule has 36 heavy (non-hydrogen) atoms. The van der Waals surface area contributed by atoms with E-state index >= 15 is 0 Å². The molecule has 3 atom stereocenters. The lowest BCUT2D eigenvalue weighted by Gasteiger charge is -2.29. The maximum absolute atomic E-state index is 13.8. The highest BCUT2D eigenvalue weighted by atomic mass is 79.9. The highest BCUT2D eigenvalue weighted by Gasteiger charge is 2.60. The van der Waals surface area contributed by atoms with Gasteiger partial charge in [0.25, 0.3) is 5.91 Å². The second-order valence-corrected chi connectivity index (χ2v) is 9.55. The van der Waals surface area contributed by atoms with Crippen molar-refractivity contribution in [1.29, 1.82) is 0 Å². The number of anilines is 2. The minimum atomic E-state index is -0.932. The summed E-state index contributed by atoms with van der Waals surface area (Å²) in [6.45, 7) is 5.00. The summed E-state index contributed by atoms with van der Waals surface area (Å²) in [5.74, 6) is -0.141. The number of benzene rings is 3. The lowest BCUT2D eigenvalue weighted by Crippen LogP contribution is -2.37. The van der Waals surface area contributed by atoms with Crippen molar-refractivity contribution in [3.05, 3.63) is 82.8 Å². The average Bonchev–Trinajstić information content (AvgIpc) is 3.40. The first-order chi connectivity index (χ1) is 17.5. The molecule has 0 aromatic heterocycles. The predicted molar refractivity (Wildman–Crippen MR) is 140 cm³/mol. The van der Waals surface area contributed by atoms with Gasteiger partial charge in [0.15, 0.2) is 17.6 Å². The first-order valence-electron chi connectivity index (χ1n) is 12.1. The summed E-state index contributed by atoms with van der Waals surface area (Å²) in [5.41, 5.74) is 2.09. The number of fused-ring (bicyclic) bond motifs is 1. The molecule has 0 aliphatic carbocycles. The van der Waals surface area contributed by atoms with Crippen LogP contribution in [0.5, 0.6) is 11.5 Å². The summed E-state index contributed by atoms with van der Waals surface area (Å²) in [6.07, 6.45) is -0.0596. The molecule has 7 nitrogen and oxygen atoms in total. The van der Waals surface area contributed by atoms with E-state index in [1.807, 2.05) is 74.5 Å². The average molecular weight is 551 g/mol. The van der Waals surface area contributed by atoms with Crippen LogP contribution < -0.4 is 19.4 Å². The smallest absolute Gasteiger partial charge is 0.266 e. The highest BCUT2D eigenvalue weighted by Crippen LogP contribution is 2.48. The van der Waals surface area contributed by atoms with Crippen LogP contribution >= 0.6 is 15.9 Å². The summed E-state index contributed by atoms with van der Waals surface area (Å²) in [4.78, 5) is 34.7. The Morgan fingerprint density at radius 2 is 1.61 bits per heavy atom. The zero-order valence-electron chi connectivity index (χ0n) is 20.1. The van der Waals surface area contributed by atoms with Crippen LogP contribution in [-0.2, 0) is 14.4 Å². The number of rotatable bonds is 8. The molecule has 0 radical (unpaired) electrons. The minimum absolute atomic E-state index is 0.292. The second kappa shape index (κ2) is 10.3. The molecular formula is C28H27BrN2O5. The first kappa shape index (κ1) is 24.3.